The van der Waals surface area contributed by atoms with E-state index in [1.165, 1.54) is 25.8 Å². The van der Waals surface area contributed by atoms with Crippen LogP contribution in [0.25, 0.3) is 5.65 Å². The molecule has 0 bridgehead atoms. The number of hydrogen-bond acceptors (Lipinski definition) is 4. The molecule has 0 radical (unpaired) electrons. The van der Waals surface area contributed by atoms with Gasteiger partial charge in [-0.1, -0.05) is 0 Å². The highest BCUT2D eigenvalue weighted by Gasteiger charge is 2.34. The molecule has 0 amide bonds. The van der Waals surface area contributed by atoms with Crippen molar-refractivity contribution in [2.75, 3.05) is 18.4 Å². The van der Waals surface area contributed by atoms with Crippen molar-refractivity contribution in [2.45, 2.75) is 31.3 Å². The van der Waals surface area contributed by atoms with Crippen LogP contribution < -0.4 is 5.32 Å². The first-order valence-electron chi connectivity index (χ1n) is 6.69. The largest absolute Gasteiger partial charge is 0.366 e. The Kier molecular flexibility index (Phi) is 2.26. The molecule has 0 spiro atoms. The third-order valence-corrected chi connectivity index (χ3v) is 3.89. The summed E-state index contributed by atoms with van der Waals surface area (Å²) in [5, 5.41) is 7.69. The Morgan fingerprint density at radius 2 is 2.17 bits per heavy atom. The Morgan fingerprint density at radius 1 is 1.22 bits per heavy atom. The van der Waals surface area contributed by atoms with E-state index >= 15 is 0 Å². The van der Waals surface area contributed by atoms with E-state index in [1.54, 1.807) is 10.7 Å². The van der Waals surface area contributed by atoms with E-state index < -0.39 is 0 Å². The van der Waals surface area contributed by atoms with Crippen molar-refractivity contribution in [3.8, 4) is 0 Å². The highest BCUT2D eigenvalue weighted by atomic mass is 15.3. The highest BCUT2D eigenvalue weighted by Crippen LogP contribution is 2.30. The van der Waals surface area contributed by atoms with Crippen molar-refractivity contribution < 1.29 is 0 Å². The van der Waals surface area contributed by atoms with Crippen LogP contribution in [-0.2, 0) is 0 Å². The predicted molar refractivity (Wildman–Crippen MR) is 69.6 cm³/mol. The van der Waals surface area contributed by atoms with Crippen molar-refractivity contribution in [3.63, 3.8) is 0 Å². The van der Waals surface area contributed by atoms with Gasteiger partial charge in [-0.05, 0) is 25.3 Å². The Hall–Kier alpha value is -1.62. The van der Waals surface area contributed by atoms with E-state index in [0.717, 1.165) is 24.1 Å². The van der Waals surface area contributed by atoms with E-state index in [2.05, 4.69) is 20.3 Å². The van der Waals surface area contributed by atoms with Crippen LogP contribution in [-0.4, -0.2) is 44.7 Å². The van der Waals surface area contributed by atoms with Crippen LogP contribution in [0.4, 0.5) is 5.82 Å². The summed E-state index contributed by atoms with van der Waals surface area (Å²) in [5.74, 6) is 0.964. The zero-order chi connectivity index (χ0) is 11.9. The van der Waals surface area contributed by atoms with Crippen molar-refractivity contribution >= 4 is 11.5 Å². The predicted octanol–water partition coefficient (Wildman–Crippen LogP) is 1.38. The van der Waals surface area contributed by atoms with E-state index in [-0.39, 0.29) is 0 Å². The van der Waals surface area contributed by atoms with Crippen molar-refractivity contribution in [3.05, 3.63) is 24.5 Å². The van der Waals surface area contributed by atoms with Crippen LogP contribution in [0.1, 0.15) is 19.3 Å². The van der Waals surface area contributed by atoms with E-state index in [0.29, 0.717) is 6.04 Å². The maximum absolute atomic E-state index is 4.56. The average molecular weight is 243 g/mol. The molecule has 4 rings (SSSR count). The maximum Gasteiger partial charge on any atom is 0.157 e. The minimum absolute atomic E-state index is 0.545. The second-order valence-corrected chi connectivity index (χ2v) is 5.30. The number of anilines is 1. The molecule has 1 aliphatic heterocycles. The SMILES string of the molecule is c1cc2nc(NC3CCN(C4CC4)C3)ccn2n1. The molecule has 2 fully saturated rings. The number of hydrogen-bond donors (Lipinski definition) is 1. The fourth-order valence-corrected chi connectivity index (χ4v) is 2.78. The van der Waals surface area contributed by atoms with Crippen molar-refractivity contribution in [2.24, 2.45) is 0 Å². The fraction of sp³-hybridized carbons (Fsp3) is 0.538. The number of aromatic nitrogens is 3. The van der Waals surface area contributed by atoms with Crippen LogP contribution >= 0.6 is 0 Å². The maximum atomic E-state index is 4.56. The number of fused-ring (bicyclic) bond motifs is 1. The second kappa shape index (κ2) is 3.95. The minimum Gasteiger partial charge on any atom is -0.366 e. The smallest absolute Gasteiger partial charge is 0.157 e. The topological polar surface area (TPSA) is 45.5 Å². The summed E-state index contributed by atoms with van der Waals surface area (Å²) in [6, 6.07) is 5.35. The molecule has 5 heteroatoms. The lowest BCUT2D eigenvalue weighted by atomic mass is 10.2. The Balaban J connectivity index is 1.47. The molecule has 2 aromatic heterocycles. The number of likely N-dealkylation sites (tertiary alicyclic amines) is 1. The first-order chi connectivity index (χ1) is 8.88. The molecule has 1 atom stereocenters. The molecule has 94 valence electrons. The standard InChI is InChI=1S/C13H17N5/c1-2-11(1)17-7-4-10(9-17)15-12-5-8-18-13(16-12)3-6-14-18/h3,5-6,8,10-11H,1-2,4,7,9H2,(H,15,16). The van der Waals surface area contributed by atoms with E-state index in [9.17, 15) is 0 Å². The zero-order valence-electron chi connectivity index (χ0n) is 10.3. The molecule has 1 saturated carbocycles. The third kappa shape index (κ3) is 1.84. The normalized spacial score (nSPS) is 24.8. The molecule has 0 aromatic carbocycles. The first-order valence-corrected chi connectivity index (χ1v) is 6.69. The van der Waals surface area contributed by atoms with Crippen molar-refractivity contribution in [1.29, 1.82) is 0 Å². The Bertz CT molecular complexity index is 559. The van der Waals surface area contributed by atoms with Crippen LogP contribution in [0.15, 0.2) is 24.5 Å². The molecule has 1 aliphatic carbocycles. The Morgan fingerprint density at radius 3 is 3.06 bits per heavy atom. The summed E-state index contributed by atoms with van der Waals surface area (Å²) in [7, 11) is 0. The lowest BCUT2D eigenvalue weighted by molar-refractivity contribution is 0.326. The summed E-state index contributed by atoms with van der Waals surface area (Å²) in [4.78, 5) is 7.16. The minimum atomic E-state index is 0.545. The summed E-state index contributed by atoms with van der Waals surface area (Å²) in [6.45, 7) is 2.40. The van der Waals surface area contributed by atoms with Crippen LogP contribution in [0, 0.1) is 0 Å². The highest BCUT2D eigenvalue weighted by molar-refractivity contribution is 5.46. The van der Waals surface area contributed by atoms with Gasteiger partial charge >= 0.3 is 0 Å². The van der Waals surface area contributed by atoms with E-state index in [4.69, 9.17) is 0 Å². The van der Waals surface area contributed by atoms with Crippen LogP contribution in [0.5, 0.6) is 0 Å². The number of nitrogens with zero attached hydrogens (tertiary/aromatic N) is 4. The Labute approximate surface area is 106 Å². The quantitative estimate of drug-likeness (QED) is 0.884. The lowest BCUT2D eigenvalue weighted by Gasteiger charge is -2.16. The van der Waals surface area contributed by atoms with Gasteiger partial charge in [-0.3, -0.25) is 4.90 Å². The molecule has 1 N–H and O–H groups in total. The van der Waals surface area contributed by atoms with Crippen LogP contribution in [0.3, 0.4) is 0 Å². The fourth-order valence-electron chi connectivity index (χ4n) is 2.78. The summed E-state index contributed by atoms with van der Waals surface area (Å²) >= 11 is 0. The molecular weight excluding hydrogens is 226 g/mol. The first kappa shape index (κ1) is 10.3. The molecular formula is C13H17N5. The van der Waals surface area contributed by atoms with Gasteiger partial charge in [0.1, 0.15) is 5.82 Å². The van der Waals surface area contributed by atoms with Gasteiger partial charge < -0.3 is 5.32 Å². The monoisotopic (exact) mass is 243 g/mol. The number of nitrogens with one attached hydrogen (secondary N) is 1. The molecule has 2 aliphatic rings. The second-order valence-electron chi connectivity index (χ2n) is 5.30. The third-order valence-electron chi connectivity index (χ3n) is 3.89. The van der Waals surface area contributed by atoms with Gasteiger partial charge in [-0.25, -0.2) is 9.50 Å². The molecule has 5 nitrogen and oxygen atoms in total. The average Bonchev–Trinajstić information content (AvgIpc) is 2.95. The number of rotatable bonds is 3. The van der Waals surface area contributed by atoms with Crippen molar-refractivity contribution in [1.82, 2.24) is 19.5 Å². The van der Waals surface area contributed by atoms with Gasteiger partial charge in [0.05, 0.1) is 6.20 Å². The zero-order valence-corrected chi connectivity index (χ0v) is 10.3. The van der Waals surface area contributed by atoms with Gasteiger partial charge in [0.25, 0.3) is 0 Å². The molecule has 1 saturated heterocycles. The molecule has 3 heterocycles. The van der Waals surface area contributed by atoms with Gasteiger partial charge in [0, 0.05) is 37.4 Å². The molecule has 2 aromatic rings. The summed E-state index contributed by atoms with van der Waals surface area (Å²) in [5.41, 5.74) is 0.900. The van der Waals surface area contributed by atoms with Gasteiger partial charge in [-0.15, -0.1) is 0 Å². The molecule has 1 unspecified atom stereocenters. The lowest BCUT2D eigenvalue weighted by Crippen LogP contribution is -2.28. The molecule has 18 heavy (non-hydrogen) atoms. The summed E-state index contributed by atoms with van der Waals surface area (Å²) < 4.78 is 1.79. The van der Waals surface area contributed by atoms with Gasteiger partial charge in [-0.2, -0.15) is 5.10 Å². The van der Waals surface area contributed by atoms with E-state index in [1.807, 2.05) is 18.3 Å². The van der Waals surface area contributed by atoms with Crippen LogP contribution in [0.2, 0.25) is 0 Å². The van der Waals surface area contributed by atoms with Gasteiger partial charge in [0.2, 0.25) is 0 Å². The summed E-state index contributed by atoms with van der Waals surface area (Å²) in [6.07, 6.45) is 7.75. The van der Waals surface area contributed by atoms with Gasteiger partial charge in [0.15, 0.2) is 5.65 Å².